The number of nitrogens with one attached hydrogen (secondary N) is 3. The molecule has 1 amide bonds. The van der Waals surface area contributed by atoms with E-state index in [0.717, 1.165) is 27.8 Å². The maximum Gasteiger partial charge on any atom is 0.289 e. The Labute approximate surface area is 161 Å². The van der Waals surface area contributed by atoms with Crippen LogP contribution in [0.15, 0.2) is 65.9 Å². The highest BCUT2D eigenvalue weighted by atomic mass is 16.5. The number of carbonyl (C=O) groups excluding carboxylic acids is 1. The Morgan fingerprint density at radius 3 is 2.86 bits per heavy atom. The highest BCUT2D eigenvalue weighted by Gasteiger charge is 2.10. The van der Waals surface area contributed by atoms with Crippen LogP contribution >= 0.6 is 0 Å². The van der Waals surface area contributed by atoms with Gasteiger partial charge in [0.1, 0.15) is 11.4 Å². The molecule has 2 heterocycles. The minimum Gasteiger partial charge on any atom is -0.494 e. The van der Waals surface area contributed by atoms with E-state index < -0.39 is 0 Å². The molecule has 0 unspecified atom stereocenters. The first-order chi connectivity index (χ1) is 13.7. The highest BCUT2D eigenvalue weighted by molar-refractivity contribution is 6.00. The molecule has 2 aromatic carbocycles. The summed E-state index contributed by atoms with van der Waals surface area (Å²) in [6, 6.07) is 17.1. The molecule has 0 bridgehead atoms. The molecule has 2 aromatic heterocycles. The molecule has 0 spiro atoms. The van der Waals surface area contributed by atoms with Gasteiger partial charge in [-0.2, -0.15) is 10.2 Å². The zero-order chi connectivity index (χ0) is 19.3. The molecule has 0 aliphatic heterocycles. The predicted molar refractivity (Wildman–Crippen MR) is 109 cm³/mol. The number of aromatic amines is 2. The third kappa shape index (κ3) is 3.64. The van der Waals surface area contributed by atoms with E-state index in [0.29, 0.717) is 18.0 Å². The Morgan fingerprint density at radius 2 is 2.04 bits per heavy atom. The lowest BCUT2D eigenvalue weighted by Gasteiger charge is -2.02. The second kappa shape index (κ2) is 7.79. The Kier molecular flexibility index (Phi) is 4.88. The van der Waals surface area contributed by atoms with Gasteiger partial charge in [-0.05, 0) is 43.3 Å². The van der Waals surface area contributed by atoms with E-state index in [9.17, 15) is 4.79 Å². The van der Waals surface area contributed by atoms with Crippen molar-refractivity contribution < 1.29 is 9.53 Å². The monoisotopic (exact) mass is 373 g/mol. The van der Waals surface area contributed by atoms with Crippen molar-refractivity contribution in [2.45, 2.75) is 6.92 Å². The Bertz CT molecular complexity index is 1130. The number of para-hydroxylation sites is 1. The van der Waals surface area contributed by atoms with Crippen LogP contribution in [0.4, 0.5) is 0 Å². The number of rotatable bonds is 6. The number of hydrogen-bond donors (Lipinski definition) is 3. The third-order valence-electron chi connectivity index (χ3n) is 4.27. The molecule has 7 nitrogen and oxygen atoms in total. The van der Waals surface area contributed by atoms with Crippen LogP contribution in [-0.4, -0.2) is 33.9 Å². The van der Waals surface area contributed by atoms with E-state index >= 15 is 0 Å². The SMILES string of the molecule is CCOc1ccc(-c2cc(C(=O)N/N=C/c3c[nH]c4ccccc34)[nH]n2)cc1. The van der Waals surface area contributed by atoms with Crippen LogP contribution in [0, 0.1) is 0 Å². The maximum atomic E-state index is 12.3. The molecule has 0 atom stereocenters. The Morgan fingerprint density at radius 1 is 1.21 bits per heavy atom. The van der Waals surface area contributed by atoms with Crippen molar-refractivity contribution in [3.05, 3.63) is 72.1 Å². The highest BCUT2D eigenvalue weighted by Crippen LogP contribution is 2.21. The van der Waals surface area contributed by atoms with Crippen LogP contribution in [0.2, 0.25) is 0 Å². The van der Waals surface area contributed by atoms with Crippen molar-refractivity contribution in [3.63, 3.8) is 0 Å². The van der Waals surface area contributed by atoms with E-state index in [2.05, 4.69) is 25.7 Å². The third-order valence-corrected chi connectivity index (χ3v) is 4.27. The number of fused-ring (bicyclic) bond motifs is 1. The van der Waals surface area contributed by atoms with Gasteiger partial charge in [0.25, 0.3) is 5.91 Å². The quantitative estimate of drug-likeness (QED) is 0.355. The number of carbonyl (C=O) groups is 1. The molecular weight excluding hydrogens is 354 g/mol. The van der Waals surface area contributed by atoms with E-state index in [1.54, 1.807) is 12.3 Å². The summed E-state index contributed by atoms with van der Waals surface area (Å²) in [6.45, 7) is 2.55. The molecule has 0 saturated carbocycles. The minimum atomic E-state index is -0.360. The smallest absolute Gasteiger partial charge is 0.289 e. The van der Waals surface area contributed by atoms with E-state index in [1.165, 1.54) is 0 Å². The topological polar surface area (TPSA) is 95.2 Å². The van der Waals surface area contributed by atoms with E-state index in [1.807, 2.05) is 61.7 Å². The number of aromatic nitrogens is 3. The fraction of sp³-hybridized carbons (Fsp3) is 0.0952. The van der Waals surface area contributed by atoms with Gasteiger partial charge in [0.05, 0.1) is 18.5 Å². The zero-order valence-corrected chi connectivity index (χ0v) is 15.3. The second-order valence-corrected chi connectivity index (χ2v) is 6.11. The van der Waals surface area contributed by atoms with Crippen LogP contribution in [0.1, 0.15) is 23.0 Å². The first kappa shape index (κ1) is 17.5. The first-order valence-electron chi connectivity index (χ1n) is 8.93. The zero-order valence-electron chi connectivity index (χ0n) is 15.3. The number of H-pyrrole nitrogens is 2. The molecule has 3 N–H and O–H groups in total. The maximum absolute atomic E-state index is 12.3. The first-order valence-corrected chi connectivity index (χ1v) is 8.93. The number of hydrogen-bond acceptors (Lipinski definition) is 4. The molecule has 7 heteroatoms. The normalized spacial score (nSPS) is 11.2. The van der Waals surface area contributed by atoms with Crippen LogP contribution in [0.25, 0.3) is 22.2 Å². The van der Waals surface area contributed by atoms with Crippen LogP contribution < -0.4 is 10.2 Å². The summed E-state index contributed by atoms with van der Waals surface area (Å²) in [5, 5.41) is 12.0. The molecule has 28 heavy (non-hydrogen) atoms. The molecule has 140 valence electrons. The molecule has 4 rings (SSSR count). The van der Waals surface area contributed by atoms with Crippen molar-refractivity contribution >= 4 is 23.0 Å². The number of benzene rings is 2. The van der Waals surface area contributed by atoms with E-state index in [-0.39, 0.29) is 5.91 Å². The van der Waals surface area contributed by atoms with Crippen molar-refractivity contribution in [2.24, 2.45) is 5.10 Å². The Hall–Kier alpha value is -3.87. The van der Waals surface area contributed by atoms with Crippen molar-refractivity contribution in [3.8, 4) is 17.0 Å². The summed E-state index contributed by atoms with van der Waals surface area (Å²) >= 11 is 0. The molecule has 0 radical (unpaired) electrons. The predicted octanol–water partition coefficient (Wildman–Crippen LogP) is 3.72. The van der Waals surface area contributed by atoms with Gasteiger partial charge in [0.2, 0.25) is 0 Å². The summed E-state index contributed by atoms with van der Waals surface area (Å²) in [6.07, 6.45) is 3.46. The number of nitrogens with zero attached hydrogens (tertiary/aromatic N) is 2. The van der Waals surface area contributed by atoms with Gasteiger partial charge in [-0.15, -0.1) is 0 Å². The summed E-state index contributed by atoms with van der Waals surface area (Å²) in [4.78, 5) is 15.5. The van der Waals surface area contributed by atoms with Gasteiger partial charge in [0, 0.05) is 28.2 Å². The summed E-state index contributed by atoms with van der Waals surface area (Å²) in [5.74, 6) is 0.437. The van der Waals surface area contributed by atoms with Crippen molar-refractivity contribution in [2.75, 3.05) is 6.61 Å². The fourth-order valence-electron chi connectivity index (χ4n) is 2.90. The lowest BCUT2D eigenvalue weighted by Crippen LogP contribution is -2.17. The van der Waals surface area contributed by atoms with Crippen LogP contribution in [0.3, 0.4) is 0 Å². The summed E-state index contributed by atoms with van der Waals surface area (Å²) < 4.78 is 5.43. The van der Waals surface area contributed by atoms with Gasteiger partial charge >= 0.3 is 0 Å². The fourth-order valence-corrected chi connectivity index (χ4v) is 2.90. The van der Waals surface area contributed by atoms with Crippen molar-refractivity contribution in [1.82, 2.24) is 20.6 Å². The van der Waals surface area contributed by atoms with Crippen LogP contribution in [0.5, 0.6) is 5.75 Å². The van der Waals surface area contributed by atoms with Gasteiger partial charge in [-0.25, -0.2) is 5.43 Å². The van der Waals surface area contributed by atoms with E-state index in [4.69, 9.17) is 4.74 Å². The lowest BCUT2D eigenvalue weighted by molar-refractivity contribution is 0.0950. The molecule has 0 fully saturated rings. The van der Waals surface area contributed by atoms with Gasteiger partial charge in [-0.3, -0.25) is 9.89 Å². The lowest BCUT2D eigenvalue weighted by atomic mass is 10.1. The largest absolute Gasteiger partial charge is 0.494 e. The molecular formula is C21H19N5O2. The molecule has 0 saturated heterocycles. The van der Waals surface area contributed by atoms with Gasteiger partial charge in [0.15, 0.2) is 0 Å². The summed E-state index contributed by atoms with van der Waals surface area (Å²) in [5.41, 5.74) is 6.33. The van der Waals surface area contributed by atoms with Crippen LogP contribution in [-0.2, 0) is 0 Å². The molecule has 4 aromatic rings. The number of amides is 1. The average Bonchev–Trinajstić information content (AvgIpc) is 3.37. The number of hydrazone groups is 1. The van der Waals surface area contributed by atoms with Gasteiger partial charge in [-0.1, -0.05) is 18.2 Å². The van der Waals surface area contributed by atoms with Crippen molar-refractivity contribution in [1.29, 1.82) is 0 Å². The molecule has 0 aliphatic carbocycles. The molecule has 0 aliphatic rings. The second-order valence-electron chi connectivity index (χ2n) is 6.11. The standard InChI is InChI=1S/C21H19N5O2/c1-2-28-16-9-7-14(8-10-16)19-11-20(25-24-19)21(27)26-23-13-15-12-22-18-6-4-3-5-17(15)18/h3-13,22H,2H2,1H3,(H,24,25)(H,26,27)/b23-13+. The summed E-state index contributed by atoms with van der Waals surface area (Å²) in [7, 11) is 0. The number of ether oxygens (including phenoxy) is 1. The average molecular weight is 373 g/mol. The Balaban J connectivity index is 1.43. The minimum absolute atomic E-state index is 0.333. The van der Waals surface area contributed by atoms with Gasteiger partial charge < -0.3 is 9.72 Å².